The van der Waals surface area contributed by atoms with Gasteiger partial charge in [0.15, 0.2) is 0 Å². The van der Waals surface area contributed by atoms with E-state index in [0.717, 1.165) is 22.2 Å². The quantitative estimate of drug-likeness (QED) is 0.302. The lowest BCUT2D eigenvalue weighted by atomic mass is 10.5. The van der Waals surface area contributed by atoms with Gasteiger partial charge in [-0.3, -0.25) is 0 Å². The maximum absolute atomic E-state index is 4.21. The second-order valence-corrected chi connectivity index (χ2v) is 25.2. The Kier molecular flexibility index (Phi) is 7.99. The summed E-state index contributed by atoms with van der Waals surface area (Å²) < 4.78 is 0. The highest BCUT2D eigenvalue weighted by molar-refractivity contribution is 9.26. The molecule has 0 atom stereocenters. The van der Waals surface area contributed by atoms with Crippen molar-refractivity contribution >= 4 is 44.0 Å². The Labute approximate surface area is 133 Å². The molecule has 0 saturated carbocycles. The highest BCUT2D eigenvalue weighted by Gasteiger charge is 2.43. The third-order valence-corrected chi connectivity index (χ3v) is 28.3. The zero-order chi connectivity index (χ0) is 14.7. The van der Waals surface area contributed by atoms with Crippen molar-refractivity contribution in [2.45, 2.75) is 89.6 Å². The molecular formula is C14H32Br2Si2. The third-order valence-electron chi connectivity index (χ3n) is 4.73. The van der Waals surface area contributed by atoms with Crippen LogP contribution in [0.3, 0.4) is 0 Å². The lowest BCUT2D eigenvalue weighted by Gasteiger charge is -2.39. The first-order chi connectivity index (χ1) is 7.98. The van der Waals surface area contributed by atoms with Crippen molar-refractivity contribution in [3.8, 4) is 0 Å². The number of hydrogen-bond acceptors (Lipinski definition) is 0. The summed E-state index contributed by atoms with van der Waals surface area (Å²) in [6.45, 7) is 16.7. The van der Waals surface area contributed by atoms with Crippen molar-refractivity contribution in [2.24, 2.45) is 0 Å². The second-order valence-electron chi connectivity index (χ2n) is 6.97. The largest absolute Gasteiger partial charge is 0.135 e. The number of hydrogen-bond donors (Lipinski definition) is 0. The minimum Gasteiger partial charge on any atom is -0.126 e. The summed E-state index contributed by atoms with van der Waals surface area (Å²) in [4.78, 5) is 0. The Balaban J connectivity index is 4.90. The molecule has 0 aliphatic rings. The van der Waals surface area contributed by atoms with Gasteiger partial charge >= 0.3 is 0 Å². The Bertz CT molecular complexity index is 208. The molecule has 0 nitrogen and oxygen atoms in total. The predicted molar refractivity (Wildman–Crippen MR) is 99.4 cm³/mol. The molecule has 0 fully saturated rings. The molecule has 0 saturated heterocycles. The van der Waals surface area contributed by atoms with E-state index in [-0.39, 0.29) is 0 Å². The summed E-state index contributed by atoms with van der Waals surface area (Å²) in [5.41, 5.74) is 3.29. The van der Waals surface area contributed by atoms with Crippen LogP contribution in [0.5, 0.6) is 0 Å². The molecule has 0 aromatic rings. The molecule has 0 unspecified atom stereocenters. The Morgan fingerprint density at radius 1 is 0.556 bits per heavy atom. The number of halogens is 2. The van der Waals surface area contributed by atoms with Crippen LogP contribution in [0.4, 0.5) is 0 Å². The zero-order valence-corrected chi connectivity index (χ0v) is 18.7. The summed E-state index contributed by atoms with van der Waals surface area (Å²) in [6, 6.07) is 2.85. The van der Waals surface area contributed by atoms with Crippen molar-refractivity contribution in [1.82, 2.24) is 0 Å². The van der Waals surface area contributed by atoms with Gasteiger partial charge in [-0.1, -0.05) is 55.4 Å². The highest BCUT2D eigenvalue weighted by atomic mass is 79.9. The van der Waals surface area contributed by atoms with Crippen LogP contribution in [-0.4, -0.2) is 13.4 Å². The van der Waals surface area contributed by atoms with Gasteiger partial charge in [-0.05, 0) is 34.3 Å². The van der Waals surface area contributed by atoms with E-state index in [1.807, 2.05) is 0 Å². The van der Waals surface area contributed by atoms with E-state index in [1.54, 1.807) is 0 Å². The van der Waals surface area contributed by atoms with Crippen molar-refractivity contribution in [3.05, 3.63) is 0 Å². The summed E-state index contributed by atoms with van der Waals surface area (Å²) in [7, 11) is 0. The molecule has 0 amide bonds. The molecule has 110 valence electrons. The maximum Gasteiger partial charge on any atom is 0.135 e. The topological polar surface area (TPSA) is 0 Å². The molecular weight excluding hydrogens is 384 g/mol. The Morgan fingerprint density at radius 3 is 0.833 bits per heavy atom. The lowest BCUT2D eigenvalue weighted by Crippen LogP contribution is -2.40. The zero-order valence-electron chi connectivity index (χ0n) is 13.5. The van der Waals surface area contributed by atoms with Gasteiger partial charge in [0.2, 0.25) is 0 Å². The van der Waals surface area contributed by atoms with Crippen LogP contribution in [-0.2, 0) is 0 Å². The van der Waals surface area contributed by atoms with Gasteiger partial charge in [0.1, 0.15) is 13.4 Å². The predicted octanol–water partition coefficient (Wildman–Crippen LogP) is 7.31. The average molecular weight is 416 g/mol. The third kappa shape index (κ3) is 4.45. The maximum atomic E-state index is 4.21. The minimum absolute atomic E-state index is 0.822. The SMILES string of the molecule is CC(C)[Si](Br)(CC[Si](Br)(C(C)C)C(C)C)C(C)C. The highest BCUT2D eigenvalue weighted by Crippen LogP contribution is 2.48. The second kappa shape index (κ2) is 7.42. The van der Waals surface area contributed by atoms with Gasteiger partial charge in [-0.15, -0.1) is 30.6 Å². The first kappa shape index (κ1) is 19.4. The van der Waals surface area contributed by atoms with E-state index < -0.39 is 13.4 Å². The standard InChI is InChI=1S/C14H32Br2Si2/c1-11(2)17(15,12(3)4)9-10-18(16,13(5)6)14(7)8/h11-14H,9-10H2,1-8H3. The smallest absolute Gasteiger partial charge is 0.126 e. The van der Waals surface area contributed by atoms with Gasteiger partial charge in [-0.2, -0.15) is 0 Å². The van der Waals surface area contributed by atoms with E-state index >= 15 is 0 Å². The van der Waals surface area contributed by atoms with Crippen LogP contribution in [0.15, 0.2) is 0 Å². The molecule has 0 aliphatic carbocycles. The van der Waals surface area contributed by atoms with Crippen molar-refractivity contribution in [3.63, 3.8) is 0 Å². The molecule has 0 radical (unpaired) electrons. The fourth-order valence-electron chi connectivity index (χ4n) is 2.87. The molecule has 0 bridgehead atoms. The molecule has 4 heteroatoms. The van der Waals surface area contributed by atoms with E-state index in [9.17, 15) is 0 Å². The summed E-state index contributed by atoms with van der Waals surface area (Å²) >= 11 is 8.41. The molecule has 0 aliphatic heterocycles. The summed E-state index contributed by atoms with van der Waals surface area (Å²) in [5.74, 6) is 0. The molecule has 0 heterocycles. The van der Waals surface area contributed by atoms with E-state index in [0.29, 0.717) is 0 Å². The normalized spacial score (nSPS) is 14.3. The molecule has 18 heavy (non-hydrogen) atoms. The van der Waals surface area contributed by atoms with Crippen LogP contribution in [0, 0.1) is 0 Å². The van der Waals surface area contributed by atoms with Crippen molar-refractivity contribution in [1.29, 1.82) is 0 Å². The fraction of sp³-hybridized carbons (Fsp3) is 1.00. The van der Waals surface area contributed by atoms with E-state index in [4.69, 9.17) is 0 Å². The first-order valence-electron chi connectivity index (χ1n) is 7.36. The molecule has 0 rings (SSSR count). The van der Waals surface area contributed by atoms with Gasteiger partial charge in [0.25, 0.3) is 0 Å². The van der Waals surface area contributed by atoms with E-state index in [1.165, 1.54) is 12.1 Å². The monoisotopic (exact) mass is 414 g/mol. The van der Waals surface area contributed by atoms with Crippen LogP contribution in [0.2, 0.25) is 34.3 Å². The fourth-order valence-corrected chi connectivity index (χ4v) is 14.5. The lowest BCUT2D eigenvalue weighted by molar-refractivity contribution is 0.887. The van der Waals surface area contributed by atoms with Gasteiger partial charge in [-0.25, -0.2) is 0 Å². The molecule has 0 N–H and O–H groups in total. The summed E-state index contributed by atoms with van der Waals surface area (Å²) in [5, 5.41) is 0. The van der Waals surface area contributed by atoms with Gasteiger partial charge in [0, 0.05) is 0 Å². The Hall–Kier alpha value is 1.39. The van der Waals surface area contributed by atoms with Crippen molar-refractivity contribution in [2.75, 3.05) is 0 Å². The summed E-state index contributed by atoms with van der Waals surface area (Å²) in [6.07, 6.45) is 0. The Morgan fingerprint density at radius 2 is 0.722 bits per heavy atom. The van der Waals surface area contributed by atoms with Crippen LogP contribution in [0.1, 0.15) is 55.4 Å². The van der Waals surface area contributed by atoms with Crippen LogP contribution in [0.25, 0.3) is 0 Å². The first-order valence-corrected chi connectivity index (χ1v) is 16.6. The van der Waals surface area contributed by atoms with Gasteiger partial charge in [0.05, 0.1) is 0 Å². The molecule has 0 aromatic carbocycles. The molecule has 0 aromatic heterocycles. The number of rotatable bonds is 7. The van der Waals surface area contributed by atoms with Crippen molar-refractivity contribution < 1.29 is 0 Å². The van der Waals surface area contributed by atoms with Crippen LogP contribution < -0.4 is 0 Å². The van der Waals surface area contributed by atoms with Crippen LogP contribution >= 0.6 is 30.6 Å². The average Bonchev–Trinajstić information content (AvgIpc) is 2.23. The van der Waals surface area contributed by atoms with E-state index in [2.05, 4.69) is 86.0 Å². The molecule has 0 spiro atoms. The van der Waals surface area contributed by atoms with Gasteiger partial charge < -0.3 is 0 Å². The minimum atomic E-state index is -1.29.